The summed E-state index contributed by atoms with van der Waals surface area (Å²) in [5.41, 5.74) is 0.737. The number of amides is 2. The van der Waals surface area contributed by atoms with Gasteiger partial charge in [0.05, 0.1) is 6.61 Å². The van der Waals surface area contributed by atoms with Crippen LogP contribution in [0.2, 0.25) is 0 Å². The zero-order chi connectivity index (χ0) is 19.2. The van der Waals surface area contributed by atoms with Gasteiger partial charge in [-0.2, -0.15) is 0 Å². The predicted molar refractivity (Wildman–Crippen MR) is 103 cm³/mol. The minimum absolute atomic E-state index is 0.156. The number of nitrogens with zero attached hydrogens (tertiary/aromatic N) is 2. The third kappa shape index (κ3) is 5.75. The standard InChI is InChI=1S/C21H32N2O3/c1-17-9-5-6-10-18(17)26-16-7-11-19(24)22-12-8-13-23(15-14-22)20(25)21(2,3)4/h5-6,9-10H,7-8,11-16H2,1-4H3. The van der Waals surface area contributed by atoms with E-state index in [0.29, 0.717) is 32.5 Å². The van der Waals surface area contributed by atoms with Gasteiger partial charge < -0.3 is 14.5 Å². The van der Waals surface area contributed by atoms with Crippen LogP contribution in [0.15, 0.2) is 24.3 Å². The van der Waals surface area contributed by atoms with Crippen molar-refractivity contribution in [2.24, 2.45) is 5.41 Å². The quantitative estimate of drug-likeness (QED) is 0.757. The Morgan fingerprint density at radius 3 is 2.38 bits per heavy atom. The Bertz CT molecular complexity index is 622. The Morgan fingerprint density at radius 1 is 1.04 bits per heavy atom. The van der Waals surface area contributed by atoms with E-state index in [9.17, 15) is 9.59 Å². The molecule has 0 saturated carbocycles. The Labute approximate surface area is 157 Å². The summed E-state index contributed by atoms with van der Waals surface area (Å²) >= 11 is 0. The summed E-state index contributed by atoms with van der Waals surface area (Å²) in [5, 5.41) is 0. The molecule has 1 aliphatic heterocycles. The van der Waals surface area contributed by atoms with Crippen molar-refractivity contribution in [3.8, 4) is 5.75 Å². The van der Waals surface area contributed by atoms with Crippen molar-refractivity contribution in [3.05, 3.63) is 29.8 Å². The highest BCUT2D eigenvalue weighted by molar-refractivity contribution is 5.81. The molecule has 1 heterocycles. The first-order valence-corrected chi connectivity index (χ1v) is 9.54. The fourth-order valence-corrected chi connectivity index (χ4v) is 3.13. The van der Waals surface area contributed by atoms with Crippen molar-refractivity contribution in [3.63, 3.8) is 0 Å². The number of carbonyl (C=O) groups excluding carboxylic acids is 2. The van der Waals surface area contributed by atoms with E-state index in [1.807, 2.05) is 61.8 Å². The molecular weight excluding hydrogens is 328 g/mol. The summed E-state index contributed by atoms with van der Waals surface area (Å²) in [5.74, 6) is 1.20. The van der Waals surface area contributed by atoms with Crippen LogP contribution >= 0.6 is 0 Å². The lowest BCUT2D eigenvalue weighted by atomic mass is 9.94. The maximum Gasteiger partial charge on any atom is 0.228 e. The van der Waals surface area contributed by atoms with Gasteiger partial charge in [-0.05, 0) is 31.4 Å². The summed E-state index contributed by atoms with van der Waals surface area (Å²) in [4.78, 5) is 28.7. The molecule has 0 radical (unpaired) electrons. The van der Waals surface area contributed by atoms with Gasteiger partial charge in [-0.3, -0.25) is 9.59 Å². The fourth-order valence-electron chi connectivity index (χ4n) is 3.13. The molecule has 0 spiro atoms. The number of aryl methyl sites for hydroxylation is 1. The van der Waals surface area contributed by atoms with Crippen LogP contribution in [0.4, 0.5) is 0 Å². The van der Waals surface area contributed by atoms with E-state index in [1.54, 1.807) is 0 Å². The molecule has 0 aliphatic carbocycles. The smallest absolute Gasteiger partial charge is 0.228 e. The molecule has 0 aromatic heterocycles. The molecule has 0 atom stereocenters. The lowest BCUT2D eigenvalue weighted by molar-refractivity contribution is -0.140. The molecule has 2 rings (SSSR count). The van der Waals surface area contributed by atoms with Gasteiger partial charge in [-0.25, -0.2) is 0 Å². The maximum atomic E-state index is 12.5. The number of hydrogen-bond donors (Lipinski definition) is 0. The number of rotatable bonds is 5. The summed E-state index contributed by atoms with van der Waals surface area (Å²) in [6, 6.07) is 7.91. The molecule has 5 heteroatoms. The minimum Gasteiger partial charge on any atom is -0.493 e. The van der Waals surface area contributed by atoms with Gasteiger partial charge in [0.15, 0.2) is 0 Å². The molecule has 1 aromatic carbocycles. The second-order valence-corrected chi connectivity index (χ2v) is 7.99. The van der Waals surface area contributed by atoms with Crippen molar-refractivity contribution in [1.82, 2.24) is 9.80 Å². The molecule has 26 heavy (non-hydrogen) atoms. The molecular formula is C21H32N2O3. The minimum atomic E-state index is -0.369. The third-order valence-corrected chi connectivity index (χ3v) is 4.66. The van der Waals surface area contributed by atoms with Crippen molar-refractivity contribution in [2.45, 2.75) is 47.0 Å². The SMILES string of the molecule is Cc1ccccc1OCCCC(=O)N1CCCN(C(=O)C(C)(C)C)CC1. The number of carbonyl (C=O) groups is 2. The Hall–Kier alpha value is -2.04. The highest BCUT2D eigenvalue weighted by Gasteiger charge is 2.29. The van der Waals surface area contributed by atoms with E-state index in [2.05, 4.69) is 0 Å². The molecule has 0 unspecified atom stereocenters. The van der Waals surface area contributed by atoms with E-state index in [0.717, 1.165) is 30.8 Å². The maximum absolute atomic E-state index is 12.5. The first-order chi connectivity index (χ1) is 12.3. The number of hydrogen-bond acceptors (Lipinski definition) is 3. The van der Waals surface area contributed by atoms with Crippen LogP contribution in [-0.2, 0) is 9.59 Å². The third-order valence-electron chi connectivity index (χ3n) is 4.66. The zero-order valence-electron chi connectivity index (χ0n) is 16.6. The topological polar surface area (TPSA) is 49.9 Å². The average Bonchev–Trinajstić information content (AvgIpc) is 2.84. The second-order valence-electron chi connectivity index (χ2n) is 7.99. The Balaban J connectivity index is 1.74. The zero-order valence-corrected chi connectivity index (χ0v) is 16.6. The molecule has 1 aliphatic rings. The van der Waals surface area contributed by atoms with Gasteiger partial charge in [0.1, 0.15) is 5.75 Å². The lowest BCUT2D eigenvalue weighted by Crippen LogP contribution is -2.42. The van der Waals surface area contributed by atoms with E-state index < -0.39 is 0 Å². The van der Waals surface area contributed by atoms with Crippen molar-refractivity contribution in [1.29, 1.82) is 0 Å². The molecule has 5 nitrogen and oxygen atoms in total. The first kappa shape index (κ1) is 20.3. The van der Waals surface area contributed by atoms with Gasteiger partial charge in [0.25, 0.3) is 0 Å². The van der Waals surface area contributed by atoms with Gasteiger partial charge in [-0.15, -0.1) is 0 Å². The molecule has 144 valence electrons. The molecule has 0 N–H and O–H groups in total. The predicted octanol–water partition coefficient (Wildman–Crippen LogP) is 3.26. The molecule has 0 bridgehead atoms. The highest BCUT2D eigenvalue weighted by atomic mass is 16.5. The second kappa shape index (κ2) is 9.06. The Morgan fingerprint density at radius 2 is 1.69 bits per heavy atom. The highest BCUT2D eigenvalue weighted by Crippen LogP contribution is 2.19. The summed E-state index contributed by atoms with van der Waals surface area (Å²) in [6.45, 7) is 11.1. The van der Waals surface area contributed by atoms with Gasteiger partial charge in [0.2, 0.25) is 11.8 Å². The van der Waals surface area contributed by atoms with Gasteiger partial charge >= 0.3 is 0 Å². The first-order valence-electron chi connectivity index (χ1n) is 9.54. The van der Waals surface area contributed by atoms with Crippen LogP contribution in [0.5, 0.6) is 5.75 Å². The van der Waals surface area contributed by atoms with Crippen molar-refractivity contribution >= 4 is 11.8 Å². The van der Waals surface area contributed by atoms with Gasteiger partial charge in [-0.1, -0.05) is 39.0 Å². The summed E-state index contributed by atoms with van der Waals surface area (Å²) < 4.78 is 5.76. The van der Waals surface area contributed by atoms with Crippen LogP contribution in [0.25, 0.3) is 0 Å². The Kier molecular flexibility index (Phi) is 7.06. The summed E-state index contributed by atoms with van der Waals surface area (Å²) in [6.07, 6.45) is 2.03. The van der Waals surface area contributed by atoms with E-state index in [-0.39, 0.29) is 17.2 Å². The fraction of sp³-hybridized carbons (Fsp3) is 0.619. The molecule has 1 fully saturated rings. The van der Waals surface area contributed by atoms with E-state index in [4.69, 9.17) is 4.74 Å². The number of para-hydroxylation sites is 1. The number of benzene rings is 1. The molecule has 2 amide bonds. The van der Waals surface area contributed by atoms with Crippen molar-refractivity contribution < 1.29 is 14.3 Å². The lowest BCUT2D eigenvalue weighted by Gasteiger charge is -2.28. The van der Waals surface area contributed by atoms with Crippen LogP contribution in [0.3, 0.4) is 0 Å². The van der Waals surface area contributed by atoms with Crippen LogP contribution in [0.1, 0.15) is 45.6 Å². The average molecular weight is 360 g/mol. The van der Waals surface area contributed by atoms with E-state index >= 15 is 0 Å². The number of ether oxygens (including phenoxy) is 1. The largest absolute Gasteiger partial charge is 0.493 e. The normalized spacial score (nSPS) is 15.5. The van der Waals surface area contributed by atoms with Crippen LogP contribution < -0.4 is 4.74 Å². The molecule has 1 aromatic rings. The van der Waals surface area contributed by atoms with Crippen LogP contribution in [0, 0.1) is 12.3 Å². The molecule has 1 saturated heterocycles. The van der Waals surface area contributed by atoms with Crippen LogP contribution in [-0.4, -0.2) is 54.4 Å². The van der Waals surface area contributed by atoms with Gasteiger partial charge in [0, 0.05) is 38.0 Å². The van der Waals surface area contributed by atoms with E-state index in [1.165, 1.54) is 0 Å². The van der Waals surface area contributed by atoms with Crippen molar-refractivity contribution in [2.75, 3.05) is 32.8 Å². The monoisotopic (exact) mass is 360 g/mol. The summed E-state index contributed by atoms with van der Waals surface area (Å²) in [7, 11) is 0.